The smallest absolute Gasteiger partial charge is 0.232 e. The number of amides is 1. The van der Waals surface area contributed by atoms with E-state index < -0.39 is 0 Å². The minimum Gasteiger partial charge on any atom is -0.494 e. The third-order valence-electron chi connectivity index (χ3n) is 6.86. The molecule has 1 unspecified atom stereocenters. The van der Waals surface area contributed by atoms with Crippen LogP contribution >= 0.6 is 11.3 Å². The first kappa shape index (κ1) is 22.9. The summed E-state index contributed by atoms with van der Waals surface area (Å²) >= 11 is 1.64. The molecule has 0 saturated carbocycles. The number of ether oxygens (including phenoxy) is 1. The molecule has 0 aliphatic carbocycles. The van der Waals surface area contributed by atoms with Crippen LogP contribution in [0.5, 0.6) is 5.75 Å². The number of carbonyl (C=O) groups excluding carboxylic acids is 1. The van der Waals surface area contributed by atoms with Crippen molar-refractivity contribution < 1.29 is 13.9 Å². The van der Waals surface area contributed by atoms with Crippen molar-refractivity contribution in [3.8, 4) is 5.75 Å². The van der Waals surface area contributed by atoms with Gasteiger partial charge in [-0.3, -0.25) is 9.69 Å². The molecule has 178 valence electrons. The van der Waals surface area contributed by atoms with Crippen molar-refractivity contribution in [2.24, 2.45) is 0 Å². The zero-order valence-corrected chi connectivity index (χ0v) is 20.3. The minimum atomic E-state index is -0.288. The van der Waals surface area contributed by atoms with Crippen LogP contribution in [0.4, 0.5) is 15.8 Å². The predicted octanol–water partition coefficient (Wildman–Crippen LogP) is 4.61. The van der Waals surface area contributed by atoms with Gasteiger partial charge in [0.2, 0.25) is 5.91 Å². The van der Waals surface area contributed by atoms with Gasteiger partial charge < -0.3 is 14.5 Å². The summed E-state index contributed by atoms with van der Waals surface area (Å²) in [6.45, 7) is 4.33. The van der Waals surface area contributed by atoms with E-state index in [1.54, 1.807) is 24.5 Å². The van der Waals surface area contributed by atoms with Crippen LogP contribution in [0.1, 0.15) is 16.9 Å². The molecule has 34 heavy (non-hydrogen) atoms. The molecule has 2 aliphatic heterocycles. The van der Waals surface area contributed by atoms with Gasteiger partial charge in [0.25, 0.3) is 0 Å². The third kappa shape index (κ3) is 4.81. The topological polar surface area (TPSA) is 36.0 Å². The molecule has 1 aromatic heterocycles. The molecule has 1 amide bonds. The molecule has 2 aromatic carbocycles. The van der Waals surface area contributed by atoms with Gasteiger partial charge in [-0.15, -0.1) is 11.3 Å². The van der Waals surface area contributed by atoms with Crippen LogP contribution in [0.25, 0.3) is 0 Å². The maximum atomic E-state index is 13.6. The number of anilines is 2. The summed E-state index contributed by atoms with van der Waals surface area (Å²) in [7, 11) is 1.58. The van der Waals surface area contributed by atoms with Gasteiger partial charge in [-0.25, -0.2) is 4.39 Å². The number of methoxy groups -OCH3 is 1. The van der Waals surface area contributed by atoms with E-state index in [9.17, 15) is 9.18 Å². The van der Waals surface area contributed by atoms with Gasteiger partial charge in [-0.2, -0.15) is 0 Å². The average molecular weight is 480 g/mol. The predicted molar refractivity (Wildman–Crippen MR) is 136 cm³/mol. The molecule has 0 radical (unpaired) electrons. The van der Waals surface area contributed by atoms with E-state index in [0.29, 0.717) is 12.2 Å². The lowest BCUT2D eigenvalue weighted by atomic mass is 9.94. The van der Waals surface area contributed by atoms with Gasteiger partial charge in [0, 0.05) is 55.4 Å². The molecule has 0 spiro atoms. The van der Waals surface area contributed by atoms with Gasteiger partial charge in [0.05, 0.1) is 19.2 Å². The fourth-order valence-corrected chi connectivity index (χ4v) is 5.84. The first-order chi connectivity index (χ1) is 16.6. The Morgan fingerprint density at radius 2 is 1.88 bits per heavy atom. The lowest BCUT2D eigenvalue weighted by Gasteiger charge is -2.42. The molecule has 1 atom stereocenters. The molecule has 0 N–H and O–H groups in total. The lowest BCUT2D eigenvalue weighted by Crippen LogP contribution is -2.54. The number of piperazine rings is 1. The quantitative estimate of drug-likeness (QED) is 0.517. The summed E-state index contributed by atoms with van der Waals surface area (Å²) in [6.07, 6.45) is 2.41. The van der Waals surface area contributed by atoms with Crippen molar-refractivity contribution in [3.63, 3.8) is 0 Å². The van der Waals surface area contributed by atoms with Gasteiger partial charge >= 0.3 is 0 Å². The number of benzene rings is 2. The Hall–Kier alpha value is -2.90. The molecule has 5 nitrogen and oxygen atoms in total. The van der Waals surface area contributed by atoms with E-state index in [-0.39, 0.29) is 17.8 Å². The minimum absolute atomic E-state index is 0.161. The summed E-state index contributed by atoms with van der Waals surface area (Å²) < 4.78 is 19.0. The van der Waals surface area contributed by atoms with Crippen molar-refractivity contribution in [1.82, 2.24) is 4.90 Å². The molecule has 1 fully saturated rings. The van der Waals surface area contributed by atoms with Crippen LogP contribution < -0.4 is 14.5 Å². The normalized spacial score (nSPS) is 18.6. The number of para-hydroxylation sites is 1. The van der Waals surface area contributed by atoms with Gasteiger partial charge in [-0.05, 0) is 48.1 Å². The van der Waals surface area contributed by atoms with E-state index in [4.69, 9.17) is 4.74 Å². The molecule has 0 bridgehead atoms. The Kier molecular flexibility index (Phi) is 6.83. The number of aryl methyl sites for hydroxylation is 1. The second kappa shape index (κ2) is 10.2. The molecule has 7 heteroatoms. The summed E-state index contributed by atoms with van der Waals surface area (Å²) in [6, 6.07) is 17.3. The first-order valence-electron chi connectivity index (χ1n) is 11.9. The maximum absolute atomic E-state index is 13.6. The second-order valence-corrected chi connectivity index (χ2v) is 9.98. The van der Waals surface area contributed by atoms with Crippen molar-refractivity contribution >= 4 is 28.6 Å². The largest absolute Gasteiger partial charge is 0.494 e. The number of rotatable bonds is 6. The van der Waals surface area contributed by atoms with E-state index >= 15 is 0 Å². The standard InChI is InChI=1S/C27H30FN3O2S/c1-33-26-17-21(28)9-11-25(26)30-14-12-29(13-15-30)19-22-10-8-20-5-2-3-7-24(20)31(22)27(32)18-23-6-4-16-34-23/h2-7,9,11,16-17,22H,8,10,12-15,18-19H2,1H3. The summed E-state index contributed by atoms with van der Waals surface area (Å²) in [5.41, 5.74) is 3.25. The van der Waals surface area contributed by atoms with E-state index in [0.717, 1.165) is 61.8 Å². The lowest BCUT2D eigenvalue weighted by molar-refractivity contribution is -0.118. The van der Waals surface area contributed by atoms with Crippen LogP contribution in [0.3, 0.4) is 0 Å². The maximum Gasteiger partial charge on any atom is 0.232 e. The van der Waals surface area contributed by atoms with Crippen molar-refractivity contribution in [3.05, 3.63) is 76.2 Å². The zero-order chi connectivity index (χ0) is 23.5. The molecule has 3 heterocycles. The number of halogens is 1. The molecule has 1 saturated heterocycles. The Bertz CT molecular complexity index is 1130. The van der Waals surface area contributed by atoms with E-state index in [1.807, 2.05) is 23.6 Å². The molecular formula is C27H30FN3O2S. The fraction of sp³-hybridized carbons (Fsp3) is 0.370. The molecule has 2 aliphatic rings. The molecule has 5 rings (SSSR count). The van der Waals surface area contributed by atoms with Crippen LogP contribution in [0, 0.1) is 5.82 Å². The van der Waals surface area contributed by atoms with Crippen molar-refractivity contribution in [2.75, 3.05) is 49.6 Å². The summed E-state index contributed by atoms with van der Waals surface area (Å²) in [5, 5.41) is 2.03. The average Bonchev–Trinajstić information content (AvgIpc) is 3.37. The number of nitrogens with zero attached hydrogens (tertiary/aromatic N) is 3. The third-order valence-corrected chi connectivity index (χ3v) is 7.74. The van der Waals surface area contributed by atoms with Crippen LogP contribution in [0.15, 0.2) is 60.0 Å². The molecular weight excluding hydrogens is 449 g/mol. The van der Waals surface area contributed by atoms with Gasteiger partial charge in [0.1, 0.15) is 11.6 Å². The van der Waals surface area contributed by atoms with Crippen LogP contribution in [0.2, 0.25) is 0 Å². The van der Waals surface area contributed by atoms with Crippen molar-refractivity contribution in [1.29, 1.82) is 0 Å². The number of hydrogen-bond acceptors (Lipinski definition) is 5. The second-order valence-electron chi connectivity index (χ2n) is 8.94. The zero-order valence-electron chi connectivity index (χ0n) is 19.5. The number of fused-ring (bicyclic) bond motifs is 1. The Balaban J connectivity index is 1.28. The summed E-state index contributed by atoms with van der Waals surface area (Å²) in [5.74, 6) is 0.459. The Morgan fingerprint density at radius 1 is 1.06 bits per heavy atom. The first-order valence-corrected chi connectivity index (χ1v) is 12.7. The highest BCUT2D eigenvalue weighted by atomic mass is 32.1. The van der Waals surface area contributed by atoms with Gasteiger partial charge in [-0.1, -0.05) is 24.3 Å². The van der Waals surface area contributed by atoms with Crippen molar-refractivity contribution in [2.45, 2.75) is 25.3 Å². The molecule has 3 aromatic rings. The highest BCUT2D eigenvalue weighted by molar-refractivity contribution is 7.10. The fourth-order valence-electron chi connectivity index (χ4n) is 5.15. The van der Waals surface area contributed by atoms with E-state index in [1.165, 1.54) is 17.7 Å². The van der Waals surface area contributed by atoms with Gasteiger partial charge in [0.15, 0.2) is 0 Å². The SMILES string of the molecule is COc1cc(F)ccc1N1CCN(CC2CCc3ccccc3N2C(=O)Cc2cccs2)CC1. The highest BCUT2D eigenvalue weighted by Gasteiger charge is 2.33. The Morgan fingerprint density at radius 3 is 2.65 bits per heavy atom. The monoisotopic (exact) mass is 479 g/mol. The highest BCUT2D eigenvalue weighted by Crippen LogP contribution is 2.33. The Labute approximate surface area is 204 Å². The number of thiophene rings is 1. The number of carbonyl (C=O) groups is 1. The summed E-state index contributed by atoms with van der Waals surface area (Å²) in [4.78, 5) is 21.4. The van der Waals surface area contributed by atoms with E-state index in [2.05, 4.69) is 32.9 Å². The number of hydrogen-bond donors (Lipinski definition) is 0. The van der Waals surface area contributed by atoms with Crippen LogP contribution in [-0.4, -0.2) is 56.7 Å². The van der Waals surface area contributed by atoms with Crippen LogP contribution in [-0.2, 0) is 17.6 Å².